The van der Waals surface area contributed by atoms with Gasteiger partial charge in [-0.2, -0.15) is 0 Å². The molecule has 4 nitrogen and oxygen atoms in total. The summed E-state index contributed by atoms with van der Waals surface area (Å²) in [6.45, 7) is 9.73. The molecular formula is C36H31IrN3OS-2. The van der Waals surface area contributed by atoms with Crippen molar-refractivity contribution >= 4 is 43.6 Å². The first kappa shape index (κ1) is 27.2. The van der Waals surface area contributed by atoms with E-state index in [1.807, 2.05) is 113 Å². The molecule has 2 aromatic carbocycles. The van der Waals surface area contributed by atoms with E-state index in [1.54, 1.807) is 6.20 Å². The Morgan fingerprint density at radius 2 is 1.64 bits per heavy atom. The van der Waals surface area contributed by atoms with Gasteiger partial charge in [0.05, 0.1) is 5.58 Å². The first-order chi connectivity index (χ1) is 20.5. The molecule has 7 rings (SSSR count). The van der Waals surface area contributed by atoms with E-state index in [0.717, 1.165) is 65.2 Å². The molecule has 42 heavy (non-hydrogen) atoms. The Balaban J connectivity index is 0.000000248. The number of furan rings is 1. The maximum atomic E-state index is 8.78. The van der Waals surface area contributed by atoms with Crippen LogP contribution in [-0.2, 0) is 26.5 Å². The number of aryl methyl sites for hydroxylation is 2. The van der Waals surface area contributed by atoms with Crippen molar-refractivity contribution in [3.05, 3.63) is 113 Å². The Hall–Kier alpha value is -3.70. The van der Waals surface area contributed by atoms with Crippen LogP contribution in [0.3, 0.4) is 0 Å². The third-order valence-electron chi connectivity index (χ3n) is 6.58. The summed E-state index contributed by atoms with van der Waals surface area (Å²) in [5, 5.41) is 2.84. The summed E-state index contributed by atoms with van der Waals surface area (Å²) >= 11 is 1.53. The Kier molecular flexibility index (Phi) is 7.93. The molecule has 0 saturated carbocycles. The van der Waals surface area contributed by atoms with Crippen LogP contribution >= 0.6 is 11.3 Å². The fourth-order valence-corrected chi connectivity index (χ4v) is 5.72. The van der Waals surface area contributed by atoms with Crippen LogP contribution in [0.25, 0.3) is 54.8 Å². The summed E-state index contributed by atoms with van der Waals surface area (Å²) in [4.78, 5) is 15.4. The average molecular weight is 748 g/mol. The summed E-state index contributed by atoms with van der Waals surface area (Å²) in [5.41, 5.74) is 6.03. The first-order valence-corrected chi connectivity index (χ1v) is 14.4. The van der Waals surface area contributed by atoms with Gasteiger partial charge in [0.2, 0.25) is 5.71 Å². The molecule has 0 unspecified atom stereocenters. The Morgan fingerprint density at radius 3 is 2.38 bits per heavy atom. The van der Waals surface area contributed by atoms with Crippen LogP contribution in [0.5, 0.6) is 0 Å². The van der Waals surface area contributed by atoms with Gasteiger partial charge in [0.15, 0.2) is 0 Å². The maximum absolute atomic E-state index is 8.78. The minimum Gasteiger partial charge on any atom is -0.486 e. The second-order valence-electron chi connectivity index (χ2n) is 11.0. The van der Waals surface area contributed by atoms with Crippen molar-refractivity contribution in [1.82, 2.24) is 15.0 Å². The number of thiophene rings is 1. The summed E-state index contributed by atoms with van der Waals surface area (Å²) in [6.07, 6.45) is 0.323. The van der Waals surface area contributed by atoms with E-state index in [4.69, 9.17) is 12.1 Å². The maximum Gasteiger partial charge on any atom is 0.216 e. The third kappa shape index (κ3) is 6.22. The molecular weight excluding hydrogens is 715 g/mol. The number of aromatic nitrogens is 3. The average Bonchev–Trinajstić information content (AvgIpc) is 3.53. The topological polar surface area (TPSA) is 51.8 Å². The smallest absolute Gasteiger partial charge is 0.216 e. The number of hydrogen-bond donors (Lipinski definition) is 0. The van der Waals surface area contributed by atoms with E-state index in [-0.39, 0.29) is 20.1 Å². The summed E-state index contributed by atoms with van der Waals surface area (Å²) in [7, 11) is 0. The molecule has 0 aliphatic rings. The molecule has 5 aromatic heterocycles. The van der Waals surface area contributed by atoms with Gasteiger partial charge in [-0.05, 0) is 60.8 Å². The van der Waals surface area contributed by atoms with Crippen molar-refractivity contribution in [3.8, 4) is 22.5 Å². The molecule has 0 saturated heterocycles. The van der Waals surface area contributed by atoms with Gasteiger partial charge in [0.25, 0.3) is 0 Å². The predicted molar refractivity (Wildman–Crippen MR) is 170 cm³/mol. The van der Waals surface area contributed by atoms with E-state index in [9.17, 15) is 0 Å². The van der Waals surface area contributed by atoms with Crippen molar-refractivity contribution in [1.29, 1.82) is 0 Å². The van der Waals surface area contributed by atoms with E-state index in [2.05, 4.69) is 22.1 Å². The van der Waals surface area contributed by atoms with Gasteiger partial charge in [-0.25, -0.2) is 4.98 Å². The Bertz CT molecular complexity index is 2030. The number of hydrogen-bond acceptors (Lipinski definition) is 5. The zero-order chi connectivity index (χ0) is 30.4. The number of benzene rings is 2. The van der Waals surface area contributed by atoms with Crippen molar-refractivity contribution in [2.45, 2.75) is 41.0 Å². The van der Waals surface area contributed by atoms with Gasteiger partial charge in [-0.15, -0.1) is 65.4 Å². The van der Waals surface area contributed by atoms with Crippen LogP contribution < -0.4 is 0 Å². The molecule has 1 radical (unpaired) electrons. The van der Waals surface area contributed by atoms with Gasteiger partial charge >= 0.3 is 0 Å². The standard InChI is InChI=1S/C25H23N2OS.C11H8N.Ir/c1-14-9-10-17-16-7-6-8-19(22(16)28-23(17)26-14)21-12-11-18-20(13-25(3,4)5)15(2)29-24(18)27-21;1-2-6-10(7-3-1)11-8-4-5-9-12-11;/h6-7,9-12H,13H2,1-5H3;1-6,8-9H;/q2*-1;/i13D2;;. The molecule has 213 valence electrons. The second-order valence-corrected chi connectivity index (χ2v) is 12.2. The van der Waals surface area contributed by atoms with E-state index < -0.39 is 11.8 Å². The number of fused-ring (bicyclic) bond motifs is 4. The Labute approximate surface area is 267 Å². The van der Waals surface area contributed by atoms with Gasteiger partial charge < -0.3 is 9.40 Å². The van der Waals surface area contributed by atoms with Gasteiger partial charge in [-0.3, -0.25) is 4.98 Å². The van der Waals surface area contributed by atoms with Gasteiger partial charge in [0.1, 0.15) is 4.83 Å². The molecule has 0 spiro atoms. The molecule has 7 aromatic rings. The zero-order valence-electron chi connectivity index (χ0n) is 26.1. The third-order valence-corrected chi connectivity index (χ3v) is 7.59. The molecule has 0 atom stereocenters. The molecule has 6 heteroatoms. The normalized spacial score (nSPS) is 12.4. The summed E-state index contributed by atoms with van der Waals surface area (Å²) in [5.74, 6) is 0. The summed E-state index contributed by atoms with van der Waals surface area (Å²) < 4.78 is 23.7. The van der Waals surface area contributed by atoms with Crippen molar-refractivity contribution in [2.75, 3.05) is 0 Å². The minimum absolute atomic E-state index is 0. The number of pyridine rings is 3. The van der Waals surface area contributed by atoms with Crippen LogP contribution in [-0.4, -0.2) is 15.0 Å². The van der Waals surface area contributed by atoms with E-state index >= 15 is 0 Å². The Morgan fingerprint density at radius 1 is 0.833 bits per heavy atom. The quantitative estimate of drug-likeness (QED) is 0.169. The molecule has 5 heterocycles. The zero-order valence-corrected chi connectivity index (χ0v) is 27.3. The van der Waals surface area contributed by atoms with Crippen LogP contribution in [0.2, 0.25) is 0 Å². The predicted octanol–water partition coefficient (Wildman–Crippen LogP) is 9.81. The van der Waals surface area contributed by atoms with Gasteiger partial charge in [-0.1, -0.05) is 56.0 Å². The summed E-state index contributed by atoms with van der Waals surface area (Å²) in [6, 6.07) is 31.9. The minimum atomic E-state index is -1.47. The van der Waals surface area contributed by atoms with Crippen molar-refractivity contribution in [2.24, 2.45) is 5.41 Å². The van der Waals surface area contributed by atoms with Gasteiger partial charge in [0, 0.05) is 50.4 Å². The molecule has 0 aliphatic carbocycles. The first-order valence-electron chi connectivity index (χ1n) is 14.5. The molecule has 0 bridgehead atoms. The van der Waals surface area contributed by atoms with Crippen LogP contribution in [0.15, 0.2) is 89.5 Å². The fraction of sp³-hybridized carbons (Fsp3) is 0.194. The van der Waals surface area contributed by atoms with Crippen molar-refractivity contribution < 1.29 is 27.3 Å². The molecule has 0 aliphatic heterocycles. The largest absolute Gasteiger partial charge is 0.486 e. The van der Waals surface area contributed by atoms with E-state index in [1.165, 1.54) is 11.3 Å². The second kappa shape index (κ2) is 12.3. The van der Waals surface area contributed by atoms with Crippen molar-refractivity contribution in [3.63, 3.8) is 0 Å². The van der Waals surface area contributed by atoms with Crippen LogP contribution in [0, 0.1) is 31.4 Å². The molecule has 0 N–H and O–H groups in total. The molecule has 0 fully saturated rings. The van der Waals surface area contributed by atoms with Crippen LogP contribution in [0.4, 0.5) is 0 Å². The number of rotatable bonds is 3. The van der Waals surface area contributed by atoms with Crippen LogP contribution in [0.1, 0.15) is 39.6 Å². The number of nitrogens with zero attached hydrogens (tertiary/aromatic N) is 3. The monoisotopic (exact) mass is 748 g/mol. The SMILES string of the molecule is [2H]C([2H])(c1c(C)sc2nc(-c3[c-]ccc4c3oc3nc(C)ccc34)ccc12)C(C)(C)C.[Ir].[c-]1ccccc1-c1ccccn1. The fourth-order valence-electron chi connectivity index (χ4n) is 4.74. The molecule has 0 amide bonds. The van der Waals surface area contributed by atoms with E-state index in [0.29, 0.717) is 5.71 Å².